The number of benzene rings is 4. The second kappa shape index (κ2) is 24.7. The van der Waals surface area contributed by atoms with Crippen molar-refractivity contribution < 1.29 is 25.9 Å². The van der Waals surface area contributed by atoms with Crippen LogP contribution in [0.15, 0.2) is 82.6 Å². The van der Waals surface area contributed by atoms with E-state index in [4.69, 9.17) is 0 Å². The van der Waals surface area contributed by atoms with Gasteiger partial charge in [-0.1, -0.05) is 165 Å². The third-order valence-electron chi connectivity index (χ3n) is 9.47. The summed E-state index contributed by atoms with van der Waals surface area (Å²) in [6.07, 6.45) is 25.9. The van der Waals surface area contributed by atoms with Crippen LogP contribution in [0.5, 0.6) is 0 Å². The van der Waals surface area contributed by atoms with Gasteiger partial charge in [0.05, 0.1) is 9.79 Å². The van der Waals surface area contributed by atoms with Crippen molar-refractivity contribution in [3.63, 3.8) is 0 Å². The predicted molar refractivity (Wildman–Crippen MR) is 211 cm³/mol. The second-order valence-electron chi connectivity index (χ2n) is 13.8. The van der Waals surface area contributed by atoms with E-state index in [2.05, 4.69) is 26.0 Å². The Morgan fingerprint density at radius 3 is 0.980 bits per heavy atom. The molecule has 0 N–H and O–H groups in total. The Morgan fingerprint density at radius 1 is 0.392 bits per heavy atom. The van der Waals surface area contributed by atoms with Crippen LogP contribution in [0.25, 0.3) is 21.5 Å². The minimum Gasteiger partial charge on any atom is -0.744 e. The summed E-state index contributed by atoms with van der Waals surface area (Å²) in [5.41, 5.74) is 2.54. The Balaban J connectivity index is 0.000000347. The van der Waals surface area contributed by atoms with Gasteiger partial charge in [0.2, 0.25) is 0 Å². The molecule has 276 valence electrons. The van der Waals surface area contributed by atoms with Crippen molar-refractivity contribution in [2.75, 3.05) is 0 Å². The predicted octanol–water partition coefficient (Wildman–Crippen LogP) is 11.3. The quantitative estimate of drug-likeness (QED) is 0.0447. The fourth-order valence-electron chi connectivity index (χ4n) is 6.45. The van der Waals surface area contributed by atoms with Gasteiger partial charge >= 0.3 is 37.7 Å². The molecule has 0 spiro atoms. The SMILES string of the molecule is CCCCCCCCCCCc1ccc2cc(S(=O)(=O)[O-])ccc2c1.CCCCCCCCCCCc1ccc2cc(S(=O)(=O)[O-])ccc2c1.[Ca+2]. The first-order valence-corrected chi connectivity index (χ1v) is 21.8. The third kappa shape index (κ3) is 17.9. The summed E-state index contributed by atoms with van der Waals surface area (Å²) in [4.78, 5) is -0.321. The number of unbranched alkanes of at least 4 members (excludes halogenated alkanes) is 16. The van der Waals surface area contributed by atoms with E-state index in [1.807, 2.05) is 24.3 Å². The van der Waals surface area contributed by atoms with Gasteiger partial charge in [-0.15, -0.1) is 0 Å². The van der Waals surface area contributed by atoms with Crippen molar-refractivity contribution in [1.29, 1.82) is 0 Å². The summed E-state index contributed by atoms with van der Waals surface area (Å²) in [5, 5.41) is 3.57. The molecule has 0 unspecified atom stereocenters. The van der Waals surface area contributed by atoms with E-state index in [-0.39, 0.29) is 47.5 Å². The van der Waals surface area contributed by atoms with E-state index >= 15 is 0 Å². The first-order valence-electron chi connectivity index (χ1n) is 19.0. The minimum atomic E-state index is -4.39. The number of aryl methyl sites for hydroxylation is 2. The second-order valence-corrected chi connectivity index (χ2v) is 16.5. The monoisotopic (exact) mass is 762 g/mol. The summed E-state index contributed by atoms with van der Waals surface area (Å²) in [6.45, 7) is 4.49. The average molecular weight is 763 g/mol. The van der Waals surface area contributed by atoms with Gasteiger partial charge in [-0.3, -0.25) is 0 Å². The van der Waals surface area contributed by atoms with Gasteiger partial charge in [-0.2, -0.15) is 0 Å². The first-order chi connectivity index (χ1) is 24.0. The van der Waals surface area contributed by atoms with Crippen molar-refractivity contribution in [2.45, 2.75) is 152 Å². The number of rotatable bonds is 22. The molecular weight excluding hydrogens is 705 g/mol. The molecule has 0 saturated carbocycles. The van der Waals surface area contributed by atoms with Gasteiger partial charge in [0, 0.05) is 0 Å². The summed E-state index contributed by atoms with van der Waals surface area (Å²) in [6, 6.07) is 21.2. The molecule has 9 heteroatoms. The first kappa shape index (κ1) is 45.6. The fourth-order valence-corrected chi connectivity index (χ4v) is 7.46. The van der Waals surface area contributed by atoms with Gasteiger partial charge in [-0.05, 0) is 82.6 Å². The molecule has 0 bridgehead atoms. The Kier molecular flexibility index (Phi) is 22.1. The maximum Gasteiger partial charge on any atom is 2.00 e. The van der Waals surface area contributed by atoms with Crippen molar-refractivity contribution in [3.8, 4) is 0 Å². The van der Waals surface area contributed by atoms with Crippen LogP contribution < -0.4 is 0 Å². The van der Waals surface area contributed by atoms with Crippen LogP contribution in [0.2, 0.25) is 0 Å². The standard InChI is InChI=1S/2C21H30O3S.Ca/c2*1-2-3-4-5-6-7-8-9-10-11-18-12-13-20-17-21(25(22,23)24)15-14-19(20)16-18;/h2*12-17H,2-11H2,1H3,(H,22,23,24);/q;;+2/p-2. The molecule has 4 aromatic rings. The van der Waals surface area contributed by atoms with E-state index in [1.165, 1.54) is 151 Å². The van der Waals surface area contributed by atoms with Crippen LogP contribution in [0, 0.1) is 0 Å². The average Bonchev–Trinajstić information content (AvgIpc) is 3.09. The van der Waals surface area contributed by atoms with E-state index in [9.17, 15) is 25.9 Å². The fraction of sp³-hybridized carbons (Fsp3) is 0.524. The molecule has 0 heterocycles. The zero-order chi connectivity index (χ0) is 36.2. The molecule has 0 aliphatic rings. The van der Waals surface area contributed by atoms with Gasteiger partial charge < -0.3 is 9.11 Å². The van der Waals surface area contributed by atoms with E-state index in [0.717, 1.165) is 34.4 Å². The zero-order valence-electron chi connectivity index (χ0n) is 31.0. The topological polar surface area (TPSA) is 114 Å². The van der Waals surface area contributed by atoms with Crippen LogP contribution in [-0.4, -0.2) is 63.7 Å². The van der Waals surface area contributed by atoms with E-state index < -0.39 is 20.2 Å². The summed E-state index contributed by atoms with van der Waals surface area (Å²) in [5.74, 6) is 0. The van der Waals surface area contributed by atoms with Gasteiger partial charge in [0.1, 0.15) is 20.2 Å². The smallest absolute Gasteiger partial charge is 0.744 e. The molecule has 6 nitrogen and oxygen atoms in total. The largest absolute Gasteiger partial charge is 2.00 e. The van der Waals surface area contributed by atoms with Crippen LogP contribution in [0.4, 0.5) is 0 Å². The molecule has 0 radical (unpaired) electrons. The Hall–Kier alpha value is -1.52. The van der Waals surface area contributed by atoms with Crippen LogP contribution in [0.1, 0.15) is 141 Å². The molecule has 51 heavy (non-hydrogen) atoms. The maximum atomic E-state index is 11.1. The van der Waals surface area contributed by atoms with Gasteiger partial charge in [0.25, 0.3) is 0 Å². The van der Waals surface area contributed by atoms with Crippen LogP contribution in [-0.2, 0) is 33.1 Å². The third-order valence-corrected chi connectivity index (χ3v) is 11.1. The Morgan fingerprint density at radius 2 is 0.667 bits per heavy atom. The normalized spacial score (nSPS) is 11.7. The van der Waals surface area contributed by atoms with Crippen molar-refractivity contribution in [1.82, 2.24) is 0 Å². The molecule has 0 aliphatic heterocycles. The van der Waals surface area contributed by atoms with Crippen molar-refractivity contribution in [2.24, 2.45) is 0 Å². The summed E-state index contributed by atoms with van der Waals surface area (Å²) in [7, 11) is -8.77. The Bertz CT molecular complexity index is 1670. The van der Waals surface area contributed by atoms with Crippen LogP contribution in [0.3, 0.4) is 0 Å². The van der Waals surface area contributed by atoms with Crippen molar-refractivity contribution in [3.05, 3.63) is 83.9 Å². The zero-order valence-corrected chi connectivity index (χ0v) is 34.9. The van der Waals surface area contributed by atoms with E-state index in [1.54, 1.807) is 12.1 Å². The van der Waals surface area contributed by atoms with Crippen LogP contribution >= 0.6 is 0 Å². The molecule has 0 atom stereocenters. The molecule has 4 rings (SSSR count). The summed E-state index contributed by atoms with van der Waals surface area (Å²) < 4.78 is 66.5. The molecule has 0 aromatic heterocycles. The molecule has 0 aliphatic carbocycles. The molecule has 0 fully saturated rings. The van der Waals surface area contributed by atoms with Crippen molar-refractivity contribution >= 4 is 79.5 Å². The molecular formula is C42H58CaO6S2. The Labute approximate surface area is 338 Å². The number of fused-ring (bicyclic) bond motifs is 2. The number of hydrogen-bond donors (Lipinski definition) is 0. The molecule has 4 aromatic carbocycles. The van der Waals surface area contributed by atoms with Gasteiger partial charge in [-0.25, -0.2) is 16.8 Å². The summed E-state index contributed by atoms with van der Waals surface area (Å²) >= 11 is 0. The minimum absolute atomic E-state index is 0. The molecule has 0 saturated heterocycles. The van der Waals surface area contributed by atoms with Gasteiger partial charge in [0.15, 0.2) is 0 Å². The van der Waals surface area contributed by atoms with E-state index in [0.29, 0.717) is 0 Å². The number of hydrogen-bond acceptors (Lipinski definition) is 6. The molecule has 0 amide bonds. The maximum absolute atomic E-state index is 11.1.